The van der Waals surface area contributed by atoms with E-state index in [0.29, 0.717) is 0 Å². The summed E-state index contributed by atoms with van der Waals surface area (Å²) in [5, 5.41) is 19.9. The molecule has 0 spiro atoms. The lowest BCUT2D eigenvalue weighted by atomic mass is 9.57. The van der Waals surface area contributed by atoms with Crippen LogP contribution in [0.4, 0.5) is 0 Å². The number of hydrogen-bond donors (Lipinski definition) is 0. The van der Waals surface area contributed by atoms with Crippen LogP contribution in [0.1, 0.15) is 41.4 Å². The van der Waals surface area contributed by atoms with Crippen LogP contribution in [0, 0.1) is 35.0 Å². The SMILES string of the molecule is Cc1ccc([C@@H]2CC(=O)C[C@@H](c3ccccc3)C2(C#N)C#N)cc1. The van der Waals surface area contributed by atoms with Crippen molar-refractivity contribution in [1.29, 1.82) is 10.5 Å². The smallest absolute Gasteiger partial charge is 0.158 e. The Morgan fingerprint density at radius 3 is 1.88 bits per heavy atom. The van der Waals surface area contributed by atoms with Gasteiger partial charge in [0.2, 0.25) is 0 Å². The van der Waals surface area contributed by atoms with E-state index in [2.05, 4.69) is 12.1 Å². The lowest BCUT2D eigenvalue weighted by Crippen LogP contribution is -2.39. The first-order valence-corrected chi connectivity index (χ1v) is 8.06. The Kier molecular flexibility index (Phi) is 4.19. The maximum atomic E-state index is 12.4. The molecule has 0 heterocycles. The Balaban J connectivity index is 2.14. The highest BCUT2D eigenvalue weighted by molar-refractivity contribution is 5.82. The van der Waals surface area contributed by atoms with Crippen LogP contribution >= 0.6 is 0 Å². The zero-order valence-corrected chi connectivity index (χ0v) is 13.6. The number of aryl methyl sites for hydroxylation is 1. The van der Waals surface area contributed by atoms with Crippen LogP contribution in [-0.2, 0) is 4.79 Å². The van der Waals surface area contributed by atoms with Gasteiger partial charge in [0, 0.05) is 24.7 Å². The van der Waals surface area contributed by atoms with Gasteiger partial charge < -0.3 is 0 Å². The molecule has 1 fully saturated rings. The monoisotopic (exact) mass is 314 g/mol. The maximum Gasteiger partial charge on any atom is 0.158 e. The van der Waals surface area contributed by atoms with Crippen molar-refractivity contribution in [2.75, 3.05) is 0 Å². The summed E-state index contributed by atoms with van der Waals surface area (Å²) in [6, 6.07) is 21.8. The minimum Gasteiger partial charge on any atom is -0.300 e. The summed E-state index contributed by atoms with van der Waals surface area (Å²) in [7, 11) is 0. The summed E-state index contributed by atoms with van der Waals surface area (Å²) >= 11 is 0. The van der Waals surface area contributed by atoms with Gasteiger partial charge in [-0.25, -0.2) is 0 Å². The average Bonchev–Trinajstić information content (AvgIpc) is 2.63. The van der Waals surface area contributed by atoms with Gasteiger partial charge in [0.25, 0.3) is 0 Å². The minimum absolute atomic E-state index is 0.107. The van der Waals surface area contributed by atoms with E-state index in [-0.39, 0.29) is 18.6 Å². The molecule has 2 aromatic carbocycles. The fourth-order valence-corrected chi connectivity index (χ4v) is 3.69. The van der Waals surface area contributed by atoms with Crippen LogP contribution in [0.25, 0.3) is 0 Å². The molecule has 24 heavy (non-hydrogen) atoms. The van der Waals surface area contributed by atoms with Crippen molar-refractivity contribution >= 4 is 5.78 Å². The molecular weight excluding hydrogens is 296 g/mol. The first kappa shape index (κ1) is 16.0. The number of carbonyl (C=O) groups is 1. The molecule has 0 N–H and O–H groups in total. The largest absolute Gasteiger partial charge is 0.300 e. The molecule has 0 amide bonds. The van der Waals surface area contributed by atoms with E-state index in [0.717, 1.165) is 16.7 Å². The molecule has 3 rings (SSSR count). The molecule has 1 saturated carbocycles. The van der Waals surface area contributed by atoms with Crippen LogP contribution in [0.15, 0.2) is 54.6 Å². The maximum absolute atomic E-state index is 12.4. The molecule has 0 aliphatic heterocycles. The van der Waals surface area contributed by atoms with Crippen molar-refractivity contribution in [3.05, 3.63) is 71.3 Å². The van der Waals surface area contributed by atoms with E-state index < -0.39 is 17.3 Å². The van der Waals surface area contributed by atoms with Crippen LogP contribution in [0.5, 0.6) is 0 Å². The predicted octanol–water partition coefficient (Wildman–Crippen LogP) is 4.26. The molecule has 118 valence electrons. The fraction of sp³-hybridized carbons (Fsp3) is 0.286. The molecule has 2 atom stereocenters. The predicted molar refractivity (Wildman–Crippen MR) is 91.0 cm³/mol. The van der Waals surface area contributed by atoms with Crippen molar-refractivity contribution in [3.63, 3.8) is 0 Å². The molecule has 0 saturated heterocycles. The molecule has 0 radical (unpaired) electrons. The van der Waals surface area contributed by atoms with Gasteiger partial charge in [0.15, 0.2) is 5.41 Å². The van der Waals surface area contributed by atoms with E-state index in [1.54, 1.807) is 0 Å². The number of rotatable bonds is 2. The third kappa shape index (κ3) is 2.59. The minimum atomic E-state index is -1.23. The molecule has 0 aromatic heterocycles. The Hall–Kier alpha value is -2.91. The summed E-state index contributed by atoms with van der Waals surface area (Å²) in [6.45, 7) is 1.99. The summed E-state index contributed by atoms with van der Waals surface area (Å²) in [6.07, 6.45) is 0.487. The molecule has 3 nitrogen and oxygen atoms in total. The summed E-state index contributed by atoms with van der Waals surface area (Å²) in [5.74, 6) is -0.698. The number of nitriles is 2. The molecule has 1 aliphatic rings. The molecular formula is C21H18N2O. The van der Waals surface area contributed by atoms with Gasteiger partial charge in [-0.3, -0.25) is 4.79 Å². The number of hydrogen-bond acceptors (Lipinski definition) is 3. The van der Waals surface area contributed by atoms with E-state index in [1.807, 2.05) is 61.5 Å². The fourth-order valence-electron chi connectivity index (χ4n) is 3.69. The molecule has 0 unspecified atom stereocenters. The quantitative estimate of drug-likeness (QED) is 0.832. The molecule has 0 bridgehead atoms. The van der Waals surface area contributed by atoms with Crippen molar-refractivity contribution in [2.24, 2.45) is 5.41 Å². The Morgan fingerprint density at radius 1 is 0.875 bits per heavy atom. The van der Waals surface area contributed by atoms with Gasteiger partial charge in [-0.15, -0.1) is 0 Å². The second-order valence-corrected chi connectivity index (χ2v) is 6.47. The summed E-state index contributed by atoms with van der Waals surface area (Å²) in [4.78, 5) is 12.4. The highest BCUT2D eigenvalue weighted by Crippen LogP contribution is 2.53. The summed E-state index contributed by atoms with van der Waals surface area (Å²) < 4.78 is 0. The van der Waals surface area contributed by atoms with E-state index in [9.17, 15) is 15.3 Å². The van der Waals surface area contributed by atoms with Gasteiger partial charge in [0.1, 0.15) is 5.78 Å². The standard InChI is InChI=1S/C21H18N2O/c1-15-7-9-17(10-8-15)20-12-18(24)11-19(21(20,13-22)14-23)16-5-3-2-4-6-16/h2-10,19-20H,11-12H2,1H3/t19-,20-/m0/s1. The molecule has 1 aliphatic carbocycles. The number of carbonyl (C=O) groups excluding carboxylic acids is 1. The van der Waals surface area contributed by atoms with Crippen molar-refractivity contribution < 1.29 is 4.79 Å². The normalized spacial score (nSPS) is 22.4. The third-order valence-corrected chi connectivity index (χ3v) is 5.01. The number of Topliss-reactive ketones (excluding diaryl/α,β-unsaturated/α-hetero) is 1. The topological polar surface area (TPSA) is 64.7 Å². The Morgan fingerprint density at radius 2 is 1.38 bits per heavy atom. The van der Waals surface area contributed by atoms with Gasteiger partial charge in [-0.2, -0.15) is 10.5 Å². The second kappa shape index (κ2) is 6.30. The van der Waals surface area contributed by atoms with E-state index >= 15 is 0 Å². The van der Waals surface area contributed by atoms with E-state index in [1.165, 1.54) is 0 Å². The van der Waals surface area contributed by atoms with Gasteiger partial charge in [0.05, 0.1) is 12.1 Å². The Labute approximate surface area is 142 Å². The van der Waals surface area contributed by atoms with Crippen LogP contribution < -0.4 is 0 Å². The first-order valence-electron chi connectivity index (χ1n) is 8.06. The van der Waals surface area contributed by atoms with Gasteiger partial charge >= 0.3 is 0 Å². The van der Waals surface area contributed by atoms with Crippen LogP contribution in [-0.4, -0.2) is 5.78 Å². The lowest BCUT2D eigenvalue weighted by molar-refractivity contribution is -0.122. The van der Waals surface area contributed by atoms with Gasteiger partial charge in [-0.05, 0) is 18.1 Å². The van der Waals surface area contributed by atoms with Gasteiger partial charge in [-0.1, -0.05) is 60.2 Å². The molecule has 3 heteroatoms. The molecule has 2 aromatic rings. The van der Waals surface area contributed by atoms with E-state index in [4.69, 9.17) is 0 Å². The lowest BCUT2D eigenvalue weighted by Gasteiger charge is -2.40. The van der Waals surface area contributed by atoms with Crippen molar-refractivity contribution in [1.82, 2.24) is 0 Å². The average molecular weight is 314 g/mol. The van der Waals surface area contributed by atoms with Crippen LogP contribution in [0.3, 0.4) is 0 Å². The van der Waals surface area contributed by atoms with Crippen molar-refractivity contribution in [3.8, 4) is 12.1 Å². The number of benzene rings is 2. The summed E-state index contributed by atoms with van der Waals surface area (Å²) in [5.41, 5.74) is 1.65. The first-order chi connectivity index (χ1) is 11.6. The number of nitrogens with zero attached hydrogens (tertiary/aromatic N) is 2. The van der Waals surface area contributed by atoms with Crippen LogP contribution in [0.2, 0.25) is 0 Å². The highest BCUT2D eigenvalue weighted by atomic mass is 16.1. The second-order valence-electron chi connectivity index (χ2n) is 6.47. The zero-order chi connectivity index (χ0) is 17.2. The zero-order valence-electron chi connectivity index (χ0n) is 13.6. The van der Waals surface area contributed by atoms with Crippen molar-refractivity contribution in [2.45, 2.75) is 31.6 Å². The number of ketones is 1. The Bertz CT molecular complexity index is 811. The highest BCUT2D eigenvalue weighted by Gasteiger charge is 2.52. The third-order valence-electron chi connectivity index (χ3n) is 5.01.